The van der Waals surface area contributed by atoms with Gasteiger partial charge in [0.1, 0.15) is 0 Å². The van der Waals surface area contributed by atoms with Gasteiger partial charge in [-0.05, 0) is 0 Å². The first-order valence-electron chi connectivity index (χ1n) is 9.92. The first-order valence-corrected chi connectivity index (χ1v) is 11.9. The standard InChI is InChI=1S/C22H33O3P/c1-2-3-4-5-6-7-8-15-20-26(23,24-21-16-11-9-12-17-21)25-22-18-13-10-14-19-22/h9-14,16-19,23,26H,2-8,15,20H2,1H3. The van der Waals surface area contributed by atoms with Crippen LogP contribution in [0.1, 0.15) is 58.3 Å². The van der Waals surface area contributed by atoms with E-state index in [-0.39, 0.29) is 0 Å². The second-order valence-corrected chi connectivity index (χ2v) is 9.10. The minimum absolute atomic E-state index is 0.575. The molecule has 0 aliphatic heterocycles. The van der Waals surface area contributed by atoms with Gasteiger partial charge in [0.05, 0.1) is 0 Å². The molecule has 4 heteroatoms. The Hall–Kier alpha value is -1.57. The Balaban J connectivity index is 1.84. The molecule has 2 aromatic carbocycles. The van der Waals surface area contributed by atoms with E-state index in [2.05, 4.69) is 6.92 Å². The first-order chi connectivity index (χ1) is 12.7. The third-order valence-electron chi connectivity index (χ3n) is 4.39. The molecule has 1 N–H and O–H groups in total. The van der Waals surface area contributed by atoms with Crippen LogP contribution in [0.4, 0.5) is 0 Å². The van der Waals surface area contributed by atoms with Gasteiger partial charge < -0.3 is 0 Å². The molecule has 0 saturated heterocycles. The van der Waals surface area contributed by atoms with E-state index in [4.69, 9.17) is 9.05 Å². The van der Waals surface area contributed by atoms with Gasteiger partial charge in [-0.1, -0.05) is 0 Å². The number of hydrogen-bond acceptors (Lipinski definition) is 3. The fourth-order valence-corrected chi connectivity index (χ4v) is 4.90. The van der Waals surface area contributed by atoms with E-state index in [1.165, 1.54) is 38.5 Å². The van der Waals surface area contributed by atoms with E-state index in [0.717, 1.165) is 12.8 Å². The molecule has 0 atom stereocenters. The van der Waals surface area contributed by atoms with Crippen LogP contribution in [0.2, 0.25) is 0 Å². The van der Waals surface area contributed by atoms with Crippen molar-refractivity contribution in [3.8, 4) is 11.5 Å². The van der Waals surface area contributed by atoms with E-state index in [0.29, 0.717) is 17.7 Å². The predicted molar refractivity (Wildman–Crippen MR) is 112 cm³/mol. The van der Waals surface area contributed by atoms with Crippen LogP contribution in [0, 0.1) is 0 Å². The molecule has 2 rings (SSSR count). The van der Waals surface area contributed by atoms with Crippen molar-refractivity contribution in [3.05, 3.63) is 60.7 Å². The molecule has 3 nitrogen and oxygen atoms in total. The van der Waals surface area contributed by atoms with Crippen molar-refractivity contribution in [2.24, 2.45) is 0 Å². The molecular weight excluding hydrogens is 343 g/mol. The number of hydrogen-bond donors (Lipinski definition) is 1. The molecule has 0 bridgehead atoms. The normalized spacial score (nSPS) is 11.9. The molecule has 0 heterocycles. The summed E-state index contributed by atoms with van der Waals surface area (Å²) >= 11 is 0. The first kappa shape index (κ1) is 20.7. The Bertz CT molecular complexity index is 547. The Morgan fingerprint density at radius 3 is 1.54 bits per heavy atom. The summed E-state index contributed by atoms with van der Waals surface area (Å²) in [6.45, 7) is 2.24. The zero-order valence-electron chi connectivity index (χ0n) is 15.9. The summed E-state index contributed by atoms with van der Waals surface area (Å²) < 4.78 is 11.9. The van der Waals surface area contributed by atoms with Crippen molar-refractivity contribution in [1.82, 2.24) is 0 Å². The van der Waals surface area contributed by atoms with Crippen LogP contribution in [-0.4, -0.2) is 11.1 Å². The second kappa shape index (κ2) is 11.9. The van der Waals surface area contributed by atoms with E-state index in [1.54, 1.807) is 0 Å². The van der Waals surface area contributed by atoms with Crippen molar-refractivity contribution in [2.45, 2.75) is 58.3 Å². The zero-order chi connectivity index (χ0) is 18.5. The Kier molecular flexibility index (Phi) is 9.52. The van der Waals surface area contributed by atoms with Crippen LogP contribution < -0.4 is 9.05 Å². The second-order valence-electron chi connectivity index (χ2n) is 6.77. The van der Waals surface area contributed by atoms with Gasteiger partial charge in [0.15, 0.2) is 0 Å². The third-order valence-corrected chi connectivity index (χ3v) is 6.48. The summed E-state index contributed by atoms with van der Waals surface area (Å²) in [6, 6.07) is 18.9. The molecule has 0 spiro atoms. The number of unbranched alkanes of at least 4 members (excludes halogenated alkanes) is 7. The van der Waals surface area contributed by atoms with E-state index in [9.17, 15) is 4.89 Å². The zero-order valence-corrected chi connectivity index (χ0v) is 16.9. The van der Waals surface area contributed by atoms with Crippen molar-refractivity contribution in [2.75, 3.05) is 6.16 Å². The summed E-state index contributed by atoms with van der Waals surface area (Å²) in [7, 11) is -3.31. The van der Waals surface area contributed by atoms with E-state index >= 15 is 0 Å². The van der Waals surface area contributed by atoms with Crippen LogP contribution in [-0.2, 0) is 0 Å². The van der Waals surface area contributed by atoms with Crippen molar-refractivity contribution >= 4 is 7.94 Å². The fourth-order valence-electron chi connectivity index (χ4n) is 2.95. The average Bonchev–Trinajstić information content (AvgIpc) is 2.65. The molecule has 0 unspecified atom stereocenters. The van der Waals surface area contributed by atoms with Gasteiger partial charge in [0.2, 0.25) is 0 Å². The molecule has 0 aliphatic rings. The fraction of sp³-hybridized carbons (Fsp3) is 0.455. The summed E-state index contributed by atoms with van der Waals surface area (Å²) in [4.78, 5) is 11.1. The van der Waals surface area contributed by atoms with Gasteiger partial charge in [-0.3, -0.25) is 0 Å². The molecule has 0 fully saturated rings. The Labute approximate surface area is 159 Å². The van der Waals surface area contributed by atoms with Gasteiger partial charge in [-0.25, -0.2) is 0 Å². The van der Waals surface area contributed by atoms with Crippen molar-refractivity contribution in [3.63, 3.8) is 0 Å². The van der Waals surface area contributed by atoms with Crippen molar-refractivity contribution < 1.29 is 13.9 Å². The Morgan fingerprint density at radius 1 is 0.654 bits per heavy atom. The number of para-hydroxylation sites is 2. The molecule has 0 amide bonds. The molecular formula is C22H33O3P. The minimum atomic E-state index is -3.31. The number of rotatable bonds is 13. The third kappa shape index (κ3) is 8.21. The molecule has 0 aliphatic carbocycles. The van der Waals surface area contributed by atoms with E-state index < -0.39 is 7.94 Å². The summed E-state index contributed by atoms with van der Waals surface area (Å²) in [5.41, 5.74) is 0. The summed E-state index contributed by atoms with van der Waals surface area (Å²) in [6.07, 6.45) is 10.4. The van der Waals surface area contributed by atoms with Gasteiger partial charge in [0, 0.05) is 0 Å². The number of benzene rings is 2. The van der Waals surface area contributed by atoms with Gasteiger partial charge >= 0.3 is 158 Å². The molecule has 0 radical (unpaired) electrons. The molecule has 144 valence electrons. The average molecular weight is 376 g/mol. The van der Waals surface area contributed by atoms with Crippen LogP contribution in [0.5, 0.6) is 11.5 Å². The van der Waals surface area contributed by atoms with Crippen molar-refractivity contribution in [1.29, 1.82) is 0 Å². The maximum absolute atomic E-state index is 11.1. The molecule has 0 aromatic heterocycles. The quantitative estimate of drug-likeness (QED) is 0.310. The SMILES string of the molecule is CCCCCCCCCC[PH](O)(Oc1ccccc1)Oc1ccccc1. The van der Waals surface area contributed by atoms with Crippen LogP contribution >= 0.6 is 7.94 Å². The maximum atomic E-state index is 11.1. The van der Waals surface area contributed by atoms with Gasteiger partial charge in [0.25, 0.3) is 0 Å². The Morgan fingerprint density at radius 2 is 1.08 bits per heavy atom. The van der Waals surface area contributed by atoms with E-state index in [1.807, 2.05) is 60.7 Å². The topological polar surface area (TPSA) is 38.7 Å². The van der Waals surface area contributed by atoms with Gasteiger partial charge in [-0.15, -0.1) is 0 Å². The monoisotopic (exact) mass is 376 g/mol. The van der Waals surface area contributed by atoms with Crippen LogP contribution in [0.3, 0.4) is 0 Å². The molecule has 0 saturated carbocycles. The predicted octanol–water partition coefficient (Wildman–Crippen LogP) is 6.77. The summed E-state index contributed by atoms with van der Waals surface area (Å²) in [5, 5.41) is 0. The van der Waals surface area contributed by atoms with Crippen LogP contribution in [0.25, 0.3) is 0 Å². The van der Waals surface area contributed by atoms with Crippen LogP contribution in [0.15, 0.2) is 60.7 Å². The summed E-state index contributed by atoms with van der Waals surface area (Å²) in [5.74, 6) is 1.33. The molecule has 2 aromatic rings. The van der Waals surface area contributed by atoms with Gasteiger partial charge in [-0.2, -0.15) is 0 Å². The molecule has 26 heavy (non-hydrogen) atoms.